The van der Waals surface area contributed by atoms with Gasteiger partial charge in [0.2, 0.25) is 0 Å². The first-order chi connectivity index (χ1) is 9.20. The minimum absolute atomic E-state index is 0.296. The average Bonchev–Trinajstić information content (AvgIpc) is 2.44. The number of phenols is 1. The molecule has 0 unspecified atom stereocenters. The molecular formula is C15H16BrNO2. The van der Waals surface area contributed by atoms with E-state index in [4.69, 9.17) is 4.74 Å². The Labute approximate surface area is 121 Å². The molecule has 19 heavy (non-hydrogen) atoms. The summed E-state index contributed by atoms with van der Waals surface area (Å²) in [5.41, 5.74) is 2.05. The molecule has 0 heterocycles. The zero-order chi connectivity index (χ0) is 13.7. The standard InChI is InChI=1S/C15H16BrNO2/c1-19-13-7-5-11(6-8-13)9-17-10-12-3-2-4-14(16)15(12)18/h2-8,17-18H,9-10H2,1H3. The van der Waals surface area contributed by atoms with Crippen molar-refractivity contribution in [1.29, 1.82) is 0 Å². The van der Waals surface area contributed by atoms with Gasteiger partial charge in [0.25, 0.3) is 0 Å². The first-order valence-corrected chi connectivity index (χ1v) is 6.80. The topological polar surface area (TPSA) is 41.5 Å². The molecule has 0 bridgehead atoms. The zero-order valence-corrected chi connectivity index (χ0v) is 12.3. The average molecular weight is 322 g/mol. The van der Waals surface area contributed by atoms with Gasteiger partial charge in [-0.1, -0.05) is 24.3 Å². The highest BCUT2D eigenvalue weighted by Gasteiger charge is 2.04. The lowest BCUT2D eigenvalue weighted by atomic mass is 10.2. The molecule has 2 aromatic rings. The van der Waals surface area contributed by atoms with Crippen molar-refractivity contribution in [3.05, 3.63) is 58.1 Å². The van der Waals surface area contributed by atoms with Crippen molar-refractivity contribution >= 4 is 15.9 Å². The molecule has 2 N–H and O–H groups in total. The van der Waals surface area contributed by atoms with Crippen LogP contribution in [0.25, 0.3) is 0 Å². The Balaban J connectivity index is 1.90. The largest absolute Gasteiger partial charge is 0.506 e. The fraction of sp³-hybridized carbons (Fsp3) is 0.200. The van der Waals surface area contributed by atoms with Crippen LogP contribution in [0, 0.1) is 0 Å². The second-order valence-corrected chi connectivity index (χ2v) is 5.05. The Hall–Kier alpha value is -1.52. The summed E-state index contributed by atoms with van der Waals surface area (Å²) in [7, 11) is 1.66. The Bertz CT molecular complexity index is 540. The Kier molecular flexibility index (Phi) is 4.82. The number of halogens is 1. The lowest BCUT2D eigenvalue weighted by Gasteiger charge is -2.08. The van der Waals surface area contributed by atoms with Crippen molar-refractivity contribution in [3.63, 3.8) is 0 Å². The number of nitrogens with one attached hydrogen (secondary N) is 1. The molecule has 0 saturated heterocycles. The molecule has 3 nitrogen and oxygen atoms in total. The smallest absolute Gasteiger partial charge is 0.134 e. The van der Waals surface area contributed by atoms with Gasteiger partial charge >= 0.3 is 0 Å². The predicted molar refractivity (Wildman–Crippen MR) is 79.3 cm³/mol. The van der Waals surface area contributed by atoms with Gasteiger partial charge in [-0.15, -0.1) is 0 Å². The van der Waals surface area contributed by atoms with Crippen LogP contribution in [-0.4, -0.2) is 12.2 Å². The Morgan fingerprint density at radius 2 is 1.84 bits per heavy atom. The first-order valence-electron chi connectivity index (χ1n) is 6.00. The van der Waals surface area contributed by atoms with Gasteiger partial charge in [-0.25, -0.2) is 0 Å². The van der Waals surface area contributed by atoms with E-state index < -0.39 is 0 Å². The van der Waals surface area contributed by atoms with E-state index in [1.807, 2.05) is 42.5 Å². The third-order valence-electron chi connectivity index (χ3n) is 2.87. The van der Waals surface area contributed by atoms with Crippen molar-refractivity contribution in [2.24, 2.45) is 0 Å². The second-order valence-electron chi connectivity index (χ2n) is 4.20. The van der Waals surface area contributed by atoms with Crippen LogP contribution in [0.4, 0.5) is 0 Å². The zero-order valence-electron chi connectivity index (χ0n) is 10.7. The monoisotopic (exact) mass is 321 g/mol. The lowest BCUT2D eigenvalue weighted by Crippen LogP contribution is -2.12. The van der Waals surface area contributed by atoms with Crippen molar-refractivity contribution in [2.45, 2.75) is 13.1 Å². The molecule has 0 aromatic heterocycles. The van der Waals surface area contributed by atoms with E-state index in [-0.39, 0.29) is 0 Å². The summed E-state index contributed by atoms with van der Waals surface area (Å²) in [5.74, 6) is 1.15. The number of phenolic OH excluding ortho intramolecular Hbond substituents is 1. The van der Waals surface area contributed by atoms with Gasteiger partial charge in [0.15, 0.2) is 0 Å². The Morgan fingerprint density at radius 1 is 1.11 bits per heavy atom. The molecule has 100 valence electrons. The molecule has 0 atom stereocenters. The number of ether oxygens (including phenoxy) is 1. The van der Waals surface area contributed by atoms with Gasteiger partial charge in [0, 0.05) is 18.7 Å². The third-order valence-corrected chi connectivity index (χ3v) is 3.51. The van der Waals surface area contributed by atoms with Gasteiger partial charge in [0.1, 0.15) is 11.5 Å². The molecular weight excluding hydrogens is 306 g/mol. The van der Waals surface area contributed by atoms with Crippen molar-refractivity contribution in [1.82, 2.24) is 5.32 Å². The minimum atomic E-state index is 0.296. The number of rotatable bonds is 5. The van der Waals surface area contributed by atoms with E-state index in [1.54, 1.807) is 7.11 Å². The highest BCUT2D eigenvalue weighted by atomic mass is 79.9. The van der Waals surface area contributed by atoms with Gasteiger partial charge < -0.3 is 15.2 Å². The summed E-state index contributed by atoms with van der Waals surface area (Å²) in [6.07, 6.45) is 0. The van der Waals surface area contributed by atoms with E-state index in [0.717, 1.165) is 22.3 Å². The molecule has 2 aromatic carbocycles. The Morgan fingerprint density at radius 3 is 2.53 bits per heavy atom. The summed E-state index contributed by atoms with van der Waals surface area (Å²) in [6, 6.07) is 13.6. The summed E-state index contributed by atoms with van der Waals surface area (Å²) >= 11 is 3.31. The van der Waals surface area contributed by atoms with Crippen LogP contribution in [0.1, 0.15) is 11.1 Å². The molecule has 0 radical (unpaired) electrons. The molecule has 4 heteroatoms. The second kappa shape index (κ2) is 6.59. The molecule has 0 saturated carbocycles. The van der Waals surface area contributed by atoms with Gasteiger partial charge in [-0.2, -0.15) is 0 Å². The predicted octanol–water partition coefficient (Wildman–Crippen LogP) is 3.45. The number of hydrogen-bond acceptors (Lipinski definition) is 3. The number of benzene rings is 2. The van der Waals surface area contributed by atoms with Gasteiger partial charge in [-0.3, -0.25) is 0 Å². The van der Waals surface area contributed by atoms with Crippen molar-refractivity contribution < 1.29 is 9.84 Å². The highest BCUT2D eigenvalue weighted by Crippen LogP contribution is 2.27. The number of methoxy groups -OCH3 is 1. The SMILES string of the molecule is COc1ccc(CNCc2cccc(Br)c2O)cc1. The van der Waals surface area contributed by atoms with Crippen LogP contribution in [0.3, 0.4) is 0 Å². The summed E-state index contributed by atoms with van der Waals surface area (Å²) in [5, 5.41) is 13.2. The van der Waals surface area contributed by atoms with E-state index >= 15 is 0 Å². The van der Waals surface area contributed by atoms with Crippen LogP contribution < -0.4 is 10.1 Å². The molecule has 0 aliphatic rings. The number of para-hydroxylation sites is 1. The van der Waals surface area contributed by atoms with Crippen LogP contribution in [0.5, 0.6) is 11.5 Å². The molecule has 0 aliphatic carbocycles. The van der Waals surface area contributed by atoms with Crippen LogP contribution in [0.2, 0.25) is 0 Å². The van der Waals surface area contributed by atoms with Gasteiger partial charge in [0.05, 0.1) is 11.6 Å². The van der Waals surface area contributed by atoms with E-state index in [0.29, 0.717) is 12.3 Å². The normalized spacial score (nSPS) is 10.4. The fourth-order valence-corrected chi connectivity index (χ4v) is 2.19. The molecule has 0 fully saturated rings. The highest BCUT2D eigenvalue weighted by molar-refractivity contribution is 9.10. The summed E-state index contributed by atoms with van der Waals surface area (Å²) < 4.78 is 5.83. The molecule has 0 spiro atoms. The molecule has 0 aliphatic heterocycles. The van der Waals surface area contributed by atoms with E-state index in [9.17, 15) is 5.11 Å². The number of hydrogen-bond donors (Lipinski definition) is 2. The fourth-order valence-electron chi connectivity index (χ4n) is 1.79. The molecule has 2 rings (SSSR count). The maximum Gasteiger partial charge on any atom is 0.134 e. The van der Waals surface area contributed by atoms with E-state index in [1.165, 1.54) is 5.56 Å². The van der Waals surface area contributed by atoms with Crippen LogP contribution in [-0.2, 0) is 13.1 Å². The van der Waals surface area contributed by atoms with E-state index in [2.05, 4.69) is 21.2 Å². The maximum absolute atomic E-state index is 9.86. The third kappa shape index (κ3) is 3.72. The summed E-state index contributed by atoms with van der Waals surface area (Å²) in [4.78, 5) is 0. The van der Waals surface area contributed by atoms with Gasteiger partial charge in [-0.05, 0) is 39.7 Å². The lowest BCUT2D eigenvalue weighted by molar-refractivity contribution is 0.414. The van der Waals surface area contributed by atoms with Crippen molar-refractivity contribution in [2.75, 3.05) is 7.11 Å². The minimum Gasteiger partial charge on any atom is -0.506 e. The molecule has 0 amide bonds. The van der Waals surface area contributed by atoms with Crippen LogP contribution >= 0.6 is 15.9 Å². The number of aromatic hydroxyl groups is 1. The van der Waals surface area contributed by atoms with Crippen LogP contribution in [0.15, 0.2) is 46.9 Å². The summed E-state index contributed by atoms with van der Waals surface area (Å²) in [6.45, 7) is 1.37. The van der Waals surface area contributed by atoms with Crippen molar-refractivity contribution in [3.8, 4) is 11.5 Å². The first kappa shape index (κ1) is 13.9. The quantitative estimate of drug-likeness (QED) is 0.886. The maximum atomic E-state index is 9.86.